The van der Waals surface area contributed by atoms with Crippen molar-refractivity contribution in [3.05, 3.63) is 28.8 Å². The van der Waals surface area contributed by atoms with Gasteiger partial charge < -0.3 is 0 Å². The average molecular weight is 322 g/mol. The van der Waals surface area contributed by atoms with Crippen LogP contribution in [-0.2, 0) is 16.4 Å². The van der Waals surface area contributed by atoms with E-state index in [1.54, 1.807) is 0 Å². The summed E-state index contributed by atoms with van der Waals surface area (Å²) in [5.41, 5.74) is 3.07. The van der Waals surface area contributed by atoms with Gasteiger partial charge in [-0.15, -0.1) is 0 Å². The lowest BCUT2D eigenvalue weighted by Crippen LogP contribution is -2.31. The summed E-state index contributed by atoms with van der Waals surface area (Å²) in [7, 11) is -1.50. The number of nitrogens with zero attached hydrogens (tertiary/aromatic N) is 2. The van der Waals surface area contributed by atoms with E-state index in [0.717, 1.165) is 11.1 Å². The number of hydrogen-bond donors (Lipinski definition) is 0. The van der Waals surface area contributed by atoms with Crippen LogP contribution < -0.4 is 0 Å². The number of benzene rings is 1. The monoisotopic (exact) mass is 322 g/mol. The molecule has 5 heteroatoms. The Hall–Kier alpha value is -1.25. The highest BCUT2D eigenvalue weighted by Crippen LogP contribution is 2.32. The van der Waals surface area contributed by atoms with Gasteiger partial charge in [0.05, 0.1) is 11.0 Å². The van der Waals surface area contributed by atoms with E-state index in [9.17, 15) is 8.60 Å². The van der Waals surface area contributed by atoms with Crippen molar-refractivity contribution >= 4 is 11.0 Å². The number of halogens is 1. The number of nitriles is 1. The number of aryl methyl sites for hydroxylation is 2. The second-order valence-electron chi connectivity index (χ2n) is 7.02. The van der Waals surface area contributed by atoms with Gasteiger partial charge in [0, 0.05) is 13.0 Å². The van der Waals surface area contributed by atoms with Crippen LogP contribution in [0.1, 0.15) is 43.9 Å². The summed E-state index contributed by atoms with van der Waals surface area (Å²) in [6.07, 6.45) is -0.941. The van der Waals surface area contributed by atoms with Gasteiger partial charge in [0.15, 0.2) is 0 Å². The largest absolute Gasteiger partial charge is 0.246 e. The first-order valence-corrected chi connectivity index (χ1v) is 8.59. The fourth-order valence-electron chi connectivity index (χ4n) is 2.83. The Bertz CT molecular complexity index is 622. The molecule has 0 N–H and O–H groups in total. The Kier molecular flexibility index (Phi) is 4.74. The quantitative estimate of drug-likeness (QED) is 0.835. The summed E-state index contributed by atoms with van der Waals surface area (Å²) >= 11 is 0. The van der Waals surface area contributed by atoms with Crippen molar-refractivity contribution in [1.82, 2.24) is 4.31 Å². The molecule has 2 rings (SSSR count). The molecule has 0 aromatic heterocycles. The summed E-state index contributed by atoms with van der Waals surface area (Å²) in [5, 5.41) is 9.15. The average Bonchev–Trinajstić information content (AvgIpc) is 2.77. The Morgan fingerprint density at radius 2 is 1.86 bits per heavy atom. The first-order chi connectivity index (χ1) is 10.1. The molecule has 0 bridgehead atoms. The zero-order valence-electron chi connectivity index (χ0n) is 13.8. The van der Waals surface area contributed by atoms with E-state index >= 15 is 0 Å². The zero-order chi connectivity index (χ0) is 16.7. The van der Waals surface area contributed by atoms with E-state index in [0.29, 0.717) is 4.90 Å². The van der Waals surface area contributed by atoms with E-state index in [-0.39, 0.29) is 18.4 Å². The van der Waals surface area contributed by atoms with Gasteiger partial charge in [0.25, 0.3) is 0 Å². The SMILES string of the molecule is Cc1cc(C(C)(C)C)cc(C)c1S(=O)N1C[C@@H](F)C[C@H]1C#N. The molecular weight excluding hydrogens is 299 g/mol. The highest BCUT2D eigenvalue weighted by Gasteiger charge is 2.37. The molecule has 120 valence electrons. The summed E-state index contributed by atoms with van der Waals surface area (Å²) in [5.74, 6) is 0. The van der Waals surface area contributed by atoms with Crippen LogP contribution in [0, 0.1) is 25.2 Å². The fourth-order valence-corrected chi connectivity index (χ4v) is 4.40. The number of hydrogen-bond acceptors (Lipinski definition) is 2. The number of rotatable bonds is 2. The Balaban J connectivity index is 2.41. The van der Waals surface area contributed by atoms with E-state index in [2.05, 4.69) is 26.8 Å². The maximum absolute atomic E-state index is 13.6. The van der Waals surface area contributed by atoms with Crippen molar-refractivity contribution in [2.45, 2.75) is 63.6 Å². The normalized spacial score (nSPS) is 24.2. The van der Waals surface area contributed by atoms with E-state index < -0.39 is 23.2 Å². The molecular formula is C17H23FN2OS. The second kappa shape index (κ2) is 6.10. The van der Waals surface area contributed by atoms with Crippen molar-refractivity contribution in [2.24, 2.45) is 0 Å². The molecule has 0 saturated carbocycles. The molecule has 1 saturated heterocycles. The summed E-state index contributed by atoms with van der Waals surface area (Å²) in [6.45, 7) is 10.3. The molecule has 0 spiro atoms. The maximum atomic E-state index is 13.6. The summed E-state index contributed by atoms with van der Waals surface area (Å²) < 4.78 is 27.9. The Morgan fingerprint density at radius 3 is 2.32 bits per heavy atom. The smallest absolute Gasteiger partial charge is 0.129 e. The van der Waals surface area contributed by atoms with Gasteiger partial charge in [-0.25, -0.2) is 12.9 Å². The van der Waals surface area contributed by atoms with Gasteiger partial charge in [-0.3, -0.25) is 0 Å². The van der Waals surface area contributed by atoms with Crippen LogP contribution in [0.2, 0.25) is 0 Å². The lowest BCUT2D eigenvalue weighted by molar-refractivity contribution is 0.347. The van der Waals surface area contributed by atoms with Crippen LogP contribution >= 0.6 is 0 Å². The van der Waals surface area contributed by atoms with Gasteiger partial charge in [0.2, 0.25) is 0 Å². The van der Waals surface area contributed by atoms with Crippen LogP contribution in [0.5, 0.6) is 0 Å². The molecule has 22 heavy (non-hydrogen) atoms. The van der Waals surface area contributed by atoms with Crippen molar-refractivity contribution < 1.29 is 8.60 Å². The predicted molar refractivity (Wildman–Crippen MR) is 86.6 cm³/mol. The van der Waals surface area contributed by atoms with Crippen molar-refractivity contribution in [3.63, 3.8) is 0 Å². The molecule has 1 fully saturated rings. The van der Waals surface area contributed by atoms with Crippen molar-refractivity contribution in [3.8, 4) is 6.07 Å². The van der Waals surface area contributed by atoms with Crippen LogP contribution in [0.4, 0.5) is 4.39 Å². The van der Waals surface area contributed by atoms with E-state index in [1.165, 1.54) is 9.87 Å². The van der Waals surface area contributed by atoms with Crippen molar-refractivity contribution in [1.29, 1.82) is 5.26 Å². The van der Waals surface area contributed by atoms with Crippen LogP contribution in [0.15, 0.2) is 17.0 Å². The van der Waals surface area contributed by atoms with Gasteiger partial charge >= 0.3 is 0 Å². The zero-order valence-corrected chi connectivity index (χ0v) is 14.6. The standard InChI is InChI=1S/C17H23FN2OS/c1-11-6-13(17(3,4)5)7-12(2)16(11)22(21)20-10-14(18)8-15(20)9-19/h6-7,14-15H,8,10H2,1-5H3/t14-,15-,22?/m0/s1. The Labute approximate surface area is 134 Å². The van der Waals surface area contributed by atoms with Crippen LogP contribution in [-0.4, -0.2) is 27.3 Å². The molecule has 1 aliphatic rings. The highest BCUT2D eigenvalue weighted by molar-refractivity contribution is 7.82. The molecule has 0 amide bonds. The molecule has 3 atom stereocenters. The summed E-state index contributed by atoms with van der Waals surface area (Å²) in [4.78, 5) is 0.711. The Morgan fingerprint density at radius 1 is 1.32 bits per heavy atom. The van der Waals surface area contributed by atoms with Gasteiger partial charge in [-0.1, -0.05) is 32.9 Å². The molecule has 3 nitrogen and oxygen atoms in total. The molecule has 1 aromatic rings. The third-order valence-corrected chi connectivity index (χ3v) is 5.89. The summed E-state index contributed by atoms with van der Waals surface area (Å²) in [6, 6.07) is 5.54. The van der Waals surface area contributed by atoms with Crippen molar-refractivity contribution in [2.75, 3.05) is 6.54 Å². The molecule has 1 aliphatic heterocycles. The minimum atomic E-state index is -1.50. The van der Waals surface area contributed by atoms with E-state index in [1.807, 2.05) is 26.0 Å². The molecule has 1 unspecified atom stereocenters. The first kappa shape index (κ1) is 17.1. The lowest BCUT2D eigenvalue weighted by atomic mass is 9.85. The van der Waals surface area contributed by atoms with Gasteiger partial charge in [0.1, 0.15) is 23.2 Å². The lowest BCUT2D eigenvalue weighted by Gasteiger charge is -2.24. The van der Waals surface area contributed by atoms with Crippen LogP contribution in [0.25, 0.3) is 0 Å². The molecule has 0 aliphatic carbocycles. The third-order valence-electron chi connectivity index (χ3n) is 4.07. The molecule has 0 radical (unpaired) electrons. The predicted octanol–water partition coefficient (Wildman–Crippen LogP) is 3.56. The fraction of sp³-hybridized carbons (Fsp3) is 0.588. The first-order valence-electron chi connectivity index (χ1n) is 7.49. The molecule has 1 heterocycles. The third kappa shape index (κ3) is 3.23. The van der Waals surface area contributed by atoms with Gasteiger partial charge in [-0.05, 0) is 36.0 Å². The molecule has 1 aromatic carbocycles. The number of alkyl halides is 1. The van der Waals surface area contributed by atoms with E-state index in [4.69, 9.17) is 5.26 Å². The minimum Gasteiger partial charge on any atom is -0.246 e. The minimum absolute atomic E-state index is 0.0163. The van der Waals surface area contributed by atoms with Crippen LogP contribution in [0.3, 0.4) is 0 Å². The topological polar surface area (TPSA) is 44.1 Å². The second-order valence-corrected chi connectivity index (χ2v) is 8.39. The highest BCUT2D eigenvalue weighted by atomic mass is 32.2. The van der Waals surface area contributed by atoms with Gasteiger partial charge in [-0.2, -0.15) is 5.26 Å². The maximum Gasteiger partial charge on any atom is 0.129 e.